The quantitative estimate of drug-likeness (QED) is 0.746. The standard InChI is InChI=1S/C18H15F2N3O3/c1-10(11-6-7-13(19)14(20)8-11)21-16(24)9-23-15-5-3-2-4-12(15)17(25)22-18(23)26/h2-8,10H,9H2,1H3,(H,21,24)(H,22,25,26). The summed E-state index contributed by atoms with van der Waals surface area (Å²) in [6.07, 6.45) is 0. The fraction of sp³-hybridized carbons (Fsp3) is 0.167. The lowest BCUT2D eigenvalue weighted by molar-refractivity contribution is -0.122. The predicted molar refractivity (Wildman–Crippen MR) is 91.7 cm³/mol. The molecule has 0 saturated carbocycles. The number of halogens is 2. The molecule has 2 N–H and O–H groups in total. The fourth-order valence-corrected chi connectivity index (χ4v) is 2.70. The summed E-state index contributed by atoms with van der Waals surface area (Å²) in [5.41, 5.74) is -0.519. The average molecular weight is 359 g/mol. The van der Waals surface area contributed by atoms with Crippen molar-refractivity contribution >= 4 is 16.8 Å². The van der Waals surface area contributed by atoms with Crippen molar-refractivity contribution in [3.63, 3.8) is 0 Å². The lowest BCUT2D eigenvalue weighted by Gasteiger charge is -2.16. The molecule has 3 aromatic rings. The zero-order valence-corrected chi connectivity index (χ0v) is 13.8. The largest absolute Gasteiger partial charge is 0.348 e. The molecular formula is C18H15F2N3O3. The van der Waals surface area contributed by atoms with E-state index in [1.54, 1.807) is 31.2 Å². The Bertz CT molecular complexity index is 1100. The van der Waals surface area contributed by atoms with Crippen LogP contribution in [0, 0.1) is 11.6 Å². The van der Waals surface area contributed by atoms with Crippen molar-refractivity contribution in [1.82, 2.24) is 14.9 Å². The van der Waals surface area contributed by atoms with Crippen LogP contribution in [0.15, 0.2) is 52.1 Å². The van der Waals surface area contributed by atoms with Gasteiger partial charge >= 0.3 is 5.69 Å². The molecule has 0 aliphatic heterocycles. The summed E-state index contributed by atoms with van der Waals surface area (Å²) >= 11 is 0. The van der Waals surface area contributed by atoms with Crippen LogP contribution in [0.3, 0.4) is 0 Å². The molecule has 1 aromatic heterocycles. The average Bonchev–Trinajstić information content (AvgIpc) is 2.61. The normalized spacial score (nSPS) is 12.1. The maximum atomic E-state index is 13.3. The molecule has 0 spiro atoms. The number of amides is 1. The third kappa shape index (κ3) is 3.39. The molecule has 134 valence electrons. The Kier molecular flexibility index (Phi) is 4.66. The van der Waals surface area contributed by atoms with Gasteiger partial charge < -0.3 is 5.32 Å². The number of rotatable bonds is 4. The van der Waals surface area contributed by atoms with Crippen LogP contribution in [0.25, 0.3) is 10.9 Å². The van der Waals surface area contributed by atoms with Crippen molar-refractivity contribution in [3.05, 3.63) is 80.5 Å². The Morgan fingerprint density at radius 1 is 1.15 bits per heavy atom. The van der Waals surface area contributed by atoms with Gasteiger partial charge in [-0.25, -0.2) is 13.6 Å². The molecule has 0 radical (unpaired) electrons. The van der Waals surface area contributed by atoms with Crippen molar-refractivity contribution in [3.8, 4) is 0 Å². The monoisotopic (exact) mass is 359 g/mol. The highest BCUT2D eigenvalue weighted by Gasteiger charge is 2.15. The molecular weight excluding hydrogens is 344 g/mol. The lowest BCUT2D eigenvalue weighted by atomic mass is 10.1. The Hall–Kier alpha value is -3.29. The third-order valence-corrected chi connectivity index (χ3v) is 4.03. The van der Waals surface area contributed by atoms with Gasteiger partial charge in [-0.1, -0.05) is 18.2 Å². The predicted octanol–water partition coefficient (Wildman–Crippen LogP) is 1.85. The van der Waals surface area contributed by atoms with Crippen LogP contribution in [-0.4, -0.2) is 15.5 Å². The number of aromatic nitrogens is 2. The van der Waals surface area contributed by atoms with Crippen LogP contribution < -0.4 is 16.6 Å². The van der Waals surface area contributed by atoms with Gasteiger partial charge in [0.15, 0.2) is 11.6 Å². The van der Waals surface area contributed by atoms with E-state index >= 15 is 0 Å². The fourth-order valence-electron chi connectivity index (χ4n) is 2.70. The molecule has 2 aromatic carbocycles. The molecule has 0 saturated heterocycles. The minimum Gasteiger partial charge on any atom is -0.348 e. The first-order valence-electron chi connectivity index (χ1n) is 7.83. The Balaban J connectivity index is 1.84. The van der Waals surface area contributed by atoms with E-state index in [-0.39, 0.29) is 11.9 Å². The highest BCUT2D eigenvalue weighted by Crippen LogP contribution is 2.16. The molecule has 8 heteroatoms. The number of para-hydroxylation sites is 1. The first-order chi connectivity index (χ1) is 12.4. The topological polar surface area (TPSA) is 84.0 Å². The number of hydrogen-bond acceptors (Lipinski definition) is 3. The van der Waals surface area contributed by atoms with Gasteiger partial charge in [0.25, 0.3) is 5.56 Å². The number of fused-ring (bicyclic) bond motifs is 1. The van der Waals surface area contributed by atoms with Crippen LogP contribution in [0.2, 0.25) is 0 Å². The van der Waals surface area contributed by atoms with E-state index in [0.29, 0.717) is 11.1 Å². The van der Waals surface area contributed by atoms with E-state index in [9.17, 15) is 23.2 Å². The Labute approximate surface area is 146 Å². The summed E-state index contributed by atoms with van der Waals surface area (Å²) in [4.78, 5) is 38.4. The second-order valence-electron chi connectivity index (χ2n) is 5.83. The van der Waals surface area contributed by atoms with Crippen LogP contribution in [0.5, 0.6) is 0 Å². The van der Waals surface area contributed by atoms with Crippen LogP contribution in [0.4, 0.5) is 8.78 Å². The van der Waals surface area contributed by atoms with Crippen LogP contribution in [-0.2, 0) is 11.3 Å². The van der Waals surface area contributed by atoms with E-state index in [0.717, 1.165) is 16.7 Å². The van der Waals surface area contributed by atoms with Gasteiger partial charge in [-0.15, -0.1) is 0 Å². The first-order valence-corrected chi connectivity index (χ1v) is 7.83. The van der Waals surface area contributed by atoms with Gasteiger partial charge in [-0.3, -0.25) is 19.1 Å². The van der Waals surface area contributed by atoms with E-state index < -0.39 is 34.8 Å². The molecule has 3 rings (SSSR count). The molecule has 0 fully saturated rings. The minimum atomic E-state index is -1.01. The van der Waals surface area contributed by atoms with Crippen molar-refractivity contribution in [1.29, 1.82) is 0 Å². The first kappa shape index (κ1) is 17.5. The number of carbonyl (C=O) groups is 1. The number of carbonyl (C=O) groups excluding carboxylic acids is 1. The van der Waals surface area contributed by atoms with Gasteiger partial charge in [0, 0.05) is 0 Å². The zero-order chi connectivity index (χ0) is 18.8. The SMILES string of the molecule is CC(NC(=O)Cn1c(=O)[nH]c(=O)c2ccccc21)c1ccc(F)c(F)c1. The number of nitrogens with one attached hydrogen (secondary N) is 2. The molecule has 1 unspecified atom stereocenters. The van der Waals surface area contributed by atoms with Crippen molar-refractivity contribution in [2.45, 2.75) is 19.5 Å². The maximum Gasteiger partial charge on any atom is 0.329 e. The second-order valence-corrected chi connectivity index (χ2v) is 5.83. The number of hydrogen-bond donors (Lipinski definition) is 2. The molecule has 0 aliphatic rings. The minimum absolute atomic E-state index is 0.286. The Morgan fingerprint density at radius 2 is 1.88 bits per heavy atom. The highest BCUT2D eigenvalue weighted by atomic mass is 19.2. The van der Waals surface area contributed by atoms with Gasteiger partial charge in [0.2, 0.25) is 5.91 Å². The van der Waals surface area contributed by atoms with Gasteiger partial charge in [0.05, 0.1) is 16.9 Å². The maximum absolute atomic E-state index is 13.3. The van der Waals surface area contributed by atoms with Crippen LogP contribution >= 0.6 is 0 Å². The summed E-state index contributed by atoms with van der Waals surface area (Å²) < 4.78 is 27.5. The van der Waals surface area contributed by atoms with Gasteiger partial charge in [0.1, 0.15) is 6.54 Å². The number of nitrogens with zero attached hydrogens (tertiary/aromatic N) is 1. The molecule has 1 heterocycles. The number of aromatic amines is 1. The van der Waals surface area contributed by atoms with E-state index in [1.165, 1.54) is 6.07 Å². The van der Waals surface area contributed by atoms with Crippen molar-refractivity contribution in [2.75, 3.05) is 0 Å². The van der Waals surface area contributed by atoms with Crippen molar-refractivity contribution in [2.24, 2.45) is 0 Å². The molecule has 0 bridgehead atoms. The van der Waals surface area contributed by atoms with E-state index in [2.05, 4.69) is 10.3 Å². The molecule has 26 heavy (non-hydrogen) atoms. The lowest BCUT2D eigenvalue weighted by Crippen LogP contribution is -2.37. The Morgan fingerprint density at radius 3 is 2.62 bits per heavy atom. The van der Waals surface area contributed by atoms with Gasteiger partial charge in [-0.2, -0.15) is 0 Å². The highest BCUT2D eigenvalue weighted by molar-refractivity contribution is 5.81. The third-order valence-electron chi connectivity index (χ3n) is 4.03. The summed E-state index contributed by atoms with van der Waals surface area (Å²) in [5, 5.41) is 2.90. The van der Waals surface area contributed by atoms with Crippen molar-refractivity contribution < 1.29 is 13.6 Å². The zero-order valence-electron chi connectivity index (χ0n) is 13.8. The second kappa shape index (κ2) is 6.91. The number of H-pyrrole nitrogens is 1. The smallest absolute Gasteiger partial charge is 0.329 e. The molecule has 0 aliphatic carbocycles. The van der Waals surface area contributed by atoms with E-state index in [1.807, 2.05) is 0 Å². The summed E-state index contributed by atoms with van der Waals surface area (Å²) in [6, 6.07) is 9.17. The summed E-state index contributed by atoms with van der Waals surface area (Å²) in [6.45, 7) is 1.28. The van der Waals surface area contributed by atoms with E-state index in [4.69, 9.17) is 0 Å². The number of benzene rings is 2. The molecule has 1 atom stereocenters. The van der Waals surface area contributed by atoms with Gasteiger partial charge in [-0.05, 0) is 36.8 Å². The van der Waals surface area contributed by atoms with Crippen LogP contribution in [0.1, 0.15) is 18.5 Å². The molecule has 6 nitrogen and oxygen atoms in total. The molecule has 1 amide bonds. The summed E-state index contributed by atoms with van der Waals surface area (Å²) in [5.74, 6) is -2.49. The summed E-state index contributed by atoms with van der Waals surface area (Å²) in [7, 11) is 0.